The van der Waals surface area contributed by atoms with Crippen molar-refractivity contribution in [3.63, 3.8) is 0 Å². The van der Waals surface area contributed by atoms with E-state index in [0.717, 1.165) is 48.2 Å². The fraction of sp³-hybridized carbons (Fsp3) is 0.440. The minimum Gasteiger partial charge on any atom is -0.377 e. The molecular weight excluding hydrogens is 374 g/mol. The van der Waals surface area contributed by atoms with Crippen molar-refractivity contribution in [2.75, 3.05) is 24.3 Å². The molecule has 0 aromatic heterocycles. The highest BCUT2D eigenvalue weighted by molar-refractivity contribution is 5.93. The van der Waals surface area contributed by atoms with Gasteiger partial charge in [-0.25, -0.2) is 0 Å². The van der Waals surface area contributed by atoms with Crippen LogP contribution in [0.4, 0.5) is 11.4 Å². The summed E-state index contributed by atoms with van der Waals surface area (Å²) in [5, 5.41) is 3.09. The molecule has 30 heavy (non-hydrogen) atoms. The van der Waals surface area contributed by atoms with Gasteiger partial charge in [-0.1, -0.05) is 43.2 Å². The molecule has 0 aliphatic heterocycles. The predicted molar refractivity (Wildman–Crippen MR) is 122 cm³/mol. The van der Waals surface area contributed by atoms with Crippen LogP contribution in [0, 0.1) is 5.92 Å². The predicted octanol–water partition coefficient (Wildman–Crippen LogP) is 4.99. The molecule has 5 nitrogen and oxygen atoms in total. The van der Waals surface area contributed by atoms with Gasteiger partial charge in [0.05, 0.1) is 6.04 Å². The third-order valence-electron chi connectivity index (χ3n) is 6.05. The number of nitrogens with one attached hydrogen (secondary N) is 1. The number of nitrogens with zero attached hydrogens (tertiary/aromatic N) is 2. The maximum Gasteiger partial charge on any atom is 0.227 e. The Hall–Kier alpha value is -2.82. The average Bonchev–Trinajstić information content (AvgIpc) is 3.27. The van der Waals surface area contributed by atoms with E-state index in [4.69, 9.17) is 0 Å². The molecule has 2 aromatic carbocycles. The molecule has 5 heteroatoms. The van der Waals surface area contributed by atoms with E-state index in [1.165, 1.54) is 0 Å². The first kappa shape index (κ1) is 21.9. The number of amides is 2. The van der Waals surface area contributed by atoms with Gasteiger partial charge in [0.1, 0.15) is 0 Å². The Morgan fingerprint density at radius 1 is 1.07 bits per heavy atom. The molecule has 1 saturated carbocycles. The van der Waals surface area contributed by atoms with Gasteiger partial charge in [0.15, 0.2) is 0 Å². The van der Waals surface area contributed by atoms with Gasteiger partial charge in [-0.2, -0.15) is 0 Å². The highest BCUT2D eigenvalue weighted by Crippen LogP contribution is 2.30. The van der Waals surface area contributed by atoms with Gasteiger partial charge >= 0.3 is 0 Å². The van der Waals surface area contributed by atoms with E-state index < -0.39 is 0 Å². The van der Waals surface area contributed by atoms with Gasteiger partial charge in [-0.15, -0.1) is 0 Å². The summed E-state index contributed by atoms with van der Waals surface area (Å²) in [4.78, 5) is 29.0. The summed E-state index contributed by atoms with van der Waals surface area (Å²) in [5.41, 5.74) is 3.95. The quantitative estimate of drug-likeness (QED) is 0.703. The fourth-order valence-corrected chi connectivity index (χ4v) is 4.27. The maximum absolute atomic E-state index is 12.6. The Morgan fingerprint density at radius 2 is 1.73 bits per heavy atom. The number of hydrogen-bond acceptors (Lipinski definition) is 3. The van der Waals surface area contributed by atoms with Crippen molar-refractivity contribution >= 4 is 23.2 Å². The van der Waals surface area contributed by atoms with Gasteiger partial charge < -0.3 is 15.1 Å². The number of hydrogen-bond donors (Lipinski definition) is 1. The zero-order valence-electron chi connectivity index (χ0n) is 18.5. The van der Waals surface area contributed by atoms with Crippen molar-refractivity contribution in [2.24, 2.45) is 5.92 Å². The molecule has 0 spiro atoms. The summed E-state index contributed by atoms with van der Waals surface area (Å²) >= 11 is 0. The molecule has 2 aromatic rings. The first-order valence-electron chi connectivity index (χ1n) is 10.8. The summed E-state index contributed by atoms with van der Waals surface area (Å²) in [6, 6.07) is 16.0. The molecule has 3 rings (SSSR count). The second-order valence-corrected chi connectivity index (χ2v) is 8.44. The Morgan fingerprint density at radius 3 is 2.33 bits per heavy atom. The zero-order valence-corrected chi connectivity index (χ0v) is 18.5. The largest absolute Gasteiger partial charge is 0.377 e. The van der Waals surface area contributed by atoms with Crippen LogP contribution in [0.25, 0.3) is 0 Å². The van der Waals surface area contributed by atoms with E-state index in [1.54, 1.807) is 6.92 Å². The van der Waals surface area contributed by atoms with Crippen LogP contribution >= 0.6 is 0 Å². The lowest BCUT2D eigenvalue weighted by atomic mass is 10.0. The van der Waals surface area contributed by atoms with E-state index in [0.29, 0.717) is 6.54 Å². The number of rotatable bonds is 7. The minimum atomic E-state index is -0.0459. The van der Waals surface area contributed by atoms with Crippen molar-refractivity contribution in [1.29, 1.82) is 0 Å². The van der Waals surface area contributed by atoms with E-state index in [9.17, 15) is 9.59 Å². The third kappa shape index (κ3) is 5.21. The van der Waals surface area contributed by atoms with Crippen molar-refractivity contribution < 1.29 is 9.59 Å². The van der Waals surface area contributed by atoms with E-state index in [-0.39, 0.29) is 23.8 Å². The van der Waals surface area contributed by atoms with E-state index in [1.807, 2.05) is 72.4 Å². The molecule has 160 valence electrons. The molecule has 0 bridgehead atoms. The Kier molecular flexibility index (Phi) is 7.14. The van der Waals surface area contributed by atoms with Crippen LogP contribution in [0.15, 0.2) is 48.5 Å². The first-order valence-corrected chi connectivity index (χ1v) is 10.8. The molecule has 1 unspecified atom stereocenters. The molecule has 0 radical (unpaired) electrons. The zero-order chi connectivity index (χ0) is 21.7. The van der Waals surface area contributed by atoms with Gasteiger partial charge in [0, 0.05) is 44.9 Å². The van der Waals surface area contributed by atoms with Crippen LogP contribution in [-0.4, -0.2) is 30.8 Å². The smallest absolute Gasteiger partial charge is 0.227 e. The van der Waals surface area contributed by atoms with Crippen molar-refractivity contribution in [3.8, 4) is 0 Å². The lowest BCUT2D eigenvalue weighted by molar-refractivity contribution is -0.131. The normalized spacial score (nSPS) is 14.9. The molecule has 1 aliphatic carbocycles. The minimum absolute atomic E-state index is 0.0245. The van der Waals surface area contributed by atoms with E-state index in [2.05, 4.69) is 12.2 Å². The average molecular weight is 408 g/mol. The summed E-state index contributed by atoms with van der Waals surface area (Å²) in [5.74, 6) is 0.252. The number of benzene rings is 2. The standard InChI is InChI=1S/C25H33N3O2/c1-18(20-10-6-5-7-11-20)28(19(2)29)17-22-16-23(14-15-24(22)27(3)4)26-25(30)21-12-8-9-13-21/h5-7,10-11,14-16,18,21H,8-9,12-13,17H2,1-4H3,(H,26,30). The van der Waals surface area contributed by atoms with Crippen LogP contribution in [0.1, 0.15) is 56.7 Å². The monoisotopic (exact) mass is 407 g/mol. The van der Waals surface area contributed by atoms with Crippen molar-refractivity contribution in [3.05, 3.63) is 59.7 Å². The van der Waals surface area contributed by atoms with Crippen LogP contribution in [-0.2, 0) is 16.1 Å². The Balaban J connectivity index is 1.85. The lowest BCUT2D eigenvalue weighted by Crippen LogP contribution is -2.32. The molecule has 0 saturated heterocycles. The first-order chi connectivity index (χ1) is 14.4. The Bertz CT molecular complexity index is 873. The number of carbonyl (C=O) groups excluding carboxylic acids is 2. The summed E-state index contributed by atoms with van der Waals surface area (Å²) < 4.78 is 0. The van der Waals surface area contributed by atoms with Gasteiger partial charge in [0.25, 0.3) is 0 Å². The highest BCUT2D eigenvalue weighted by atomic mass is 16.2. The molecular formula is C25H33N3O2. The van der Waals surface area contributed by atoms with Crippen molar-refractivity contribution in [2.45, 2.75) is 52.1 Å². The molecule has 1 fully saturated rings. The van der Waals surface area contributed by atoms with Crippen LogP contribution in [0.3, 0.4) is 0 Å². The third-order valence-corrected chi connectivity index (χ3v) is 6.05. The molecule has 0 heterocycles. The second kappa shape index (κ2) is 9.79. The summed E-state index contributed by atoms with van der Waals surface area (Å²) in [6.07, 6.45) is 4.21. The molecule has 2 amide bonds. The van der Waals surface area contributed by atoms with E-state index >= 15 is 0 Å². The molecule has 1 atom stereocenters. The van der Waals surface area contributed by atoms with Crippen LogP contribution < -0.4 is 10.2 Å². The number of carbonyl (C=O) groups is 2. The van der Waals surface area contributed by atoms with Gasteiger partial charge in [-0.05, 0) is 49.1 Å². The maximum atomic E-state index is 12.6. The number of anilines is 2. The van der Waals surface area contributed by atoms with Gasteiger partial charge in [0.2, 0.25) is 11.8 Å². The molecule has 1 N–H and O–H groups in total. The summed E-state index contributed by atoms with van der Waals surface area (Å²) in [7, 11) is 3.99. The molecule has 1 aliphatic rings. The SMILES string of the molecule is CC(=O)N(Cc1cc(NC(=O)C2CCCC2)ccc1N(C)C)C(C)c1ccccc1. The Labute approximate surface area is 180 Å². The summed E-state index contributed by atoms with van der Waals surface area (Å²) in [6.45, 7) is 4.14. The second-order valence-electron chi connectivity index (χ2n) is 8.44. The van der Waals surface area contributed by atoms with Gasteiger partial charge in [-0.3, -0.25) is 9.59 Å². The fourth-order valence-electron chi connectivity index (χ4n) is 4.27. The van der Waals surface area contributed by atoms with Crippen LogP contribution in [0.5, 0.6) is 0 Å². The topological polar surface area (TPSA) is 52.7 Å². The highest BCUT2D eigenvalue weighted by Gasteiger charge is 2.24. The van der Waals surface area contributed by atoms with Crippen molar-refractivity contribution in [1.82, 2.24) is 4.90 Å². The lowest BCUT2D eigenvalue weighted by Gasteiger charge is -2.30. The van der Waals surface area contributed by atoms with Crippen LogP contribution in [0.2, 0.25) is 0 Å².